The topological polar surface area (TPSA) is 22.0 Å². The summed E-state index contributed by atoms with van der Waals surface area (Å²) in [6.45, 7) is 0. The molecule has 1 aromatic carbocycles. The van der Waals surface area contributed by atoms with E-state index in [9.17, 15) is 4.79 Å². The Kier molecular flexibility index (Phi) is 2.45. The third-order valence-electron chi connectivity index (χ3n) is 1.75. The number of hydrogen-bond acceptors (Lipinski definition) is 2. The van der Waals surface area contributed by atoms with E-state index in [1.165, 1.54) is 11.3 Å². The van der Waals surface area contributed by atoms with Crippen molar-refractivity contribution in [1.82, 2.24) is 4.57 Å². The van der Waals surface area contributed by atoms with Gasteiger partial charge in [-0.2, -0.15) is 0 Å². The Morgan fingerprint density at radius 2 is 2.31 bits per heavy atom. The molecule has 0 aliphatic rings. The maximum absolute atomic E-state index is 11.4. The van der Waals surface area contributed by atoms with Crippen LogP contribution in [0.5, 0.6) is 0 Å². The van der Waals surface area contributed by atoms with Gasteiger partial charge < -0.3 is 0 Å². The molecule has 0 aliphatic heterocycles. The zero-order valence-corrected chi connectivity index (χ0v) is 9.62. The molecule has 5 heteroatoms. The van der Waals surface area contributed by atoms with Gasteiger partial charge in [0.1, 0.15) is 6.00 Å². The molecule has 0 saturated carbocycles. The normalized spacial score (nSPS) is 10.9. The van der Waals surface area contributed by atoms with Crippen molar-refractivity contribution in [2.75, 3.05) is 0 Å². The summed E-state index contributed by atoms with van der Waals surface area (Å²) in [5.41, 5.74) is 0.896. The van der Waals surface area contributed by atoms with Crippen LogP contribution in [0.3, 0.4) is 0 Å². The molecule has 0 atom stereocenters. The van der Waals surface area contributed by atoms with E-state index in [4.69, 9.17) is 11.6 Å². The number of hydrogen-bond donors (Lipinski definition) is 0. The average Bonchev–Trinajstić information content (AvgIpc) is 2.39. The Hall–Kier alpha value is -0.320. The van der Waals surface area contributed by atoms with E-state index in [-0.39, 0.29) is 10.9 Å². The van der Waals surface area contributed by atoms with Gasteiger partial charge in [-0.25, -0.2) is 0 Å². The average molecular weight is 279 g/mol. The van der Waals surface area contributed by atoms with Crippen LogP contribution in [0.4, 0.5) is 0 Å². The van der Waals surface area contributed by atoms with Crippen LogP contribution in [0.15, 0.2) is 27.5 Å². The van der Waals surface area contributed by atoms with Crippen molar-refractivity contribution in [3.63, 3.8) is 0 Å². The highest BCUT2D eigenvalue weighted by atomic mass is 79.9. The van der Waals surface area contributed by atoms with Crippen LogP contribution in [0.25, 0.3) is 10.2 Å². The molecule has 0 aliphatic carbocycles. The Bertz CT molecular complexity index is 504. The zero-order chi connectivity index (χ0) is 9.42. The smallest absolute Gasteiger partial charge is 0.284 e. The fourth-order valence-electron chi connectivity index (χ4n) is 1.15. The monoisotopic (exact) mass is 277 g/mol. The van der Waals surface area contributed by atoms with Crippen molar-refractivity contribution in [1.29, 1.82) is 0 Å². The minimum Gasteiger partial charge on any atom is -0.284 e. The molecule has 0 amide bonds. The number of alkyl halides is 1. The van der Waals surface area contributed by atoms with Gasteiger partial charge >= 0.3 is 4.87 Å². The van der Waals surface area contributed by atoms with Crippen molar-refractivity contribution in [3.8, 4) is 0 Å². The van der Waals surface area contributed by atoms with Gasteiger partial charge in [0.2, 0.25) is 0 Å². The van der Waals surface area contributed by atoms with Gasteiger partial charge in [0.25, 0.3) is 0 Å². The zero-order valence-electron chi connectivity index (χ0n) is 6.46. The van der Waals surface area contributed by atoms with E-state index in [0.717, 1.165) is 14.7 Å². The van der Waals surface area contributed by atoms with Gasteiger partial charge in [-0.1, -0.05) is 27.3 Å². The van der Waals surface area contributed by atoms with Crippen LogP contribution in [0.2, 0.25) is 0 Å². The first-order valence-electron chi connectivity index (χ1n) is 3.57. The first-order chi connectivity index (χ1) is 6.22. The number of fused-ring (bicyclic) bond motifs is 1. The standard InChI is InChI=1S/C8H5BrClNOS/c9-5-1-2-6-7(3-5)13-8(12)11(6)4-10/h1-3H,4H2. The lowest BCUT2D eigenvalue weighted by Crippen LogP contribution is -2.09. The summed E-state index contributed by atoms with van der Waals surface area (Å²) in [4.78, 5) is 11.4. The molecule has 0 fully saturated rings. The third-order valence-corrected chi connectivity index (χ3v) is 3.42. The highest BCUT2D eigenvalue weighted by Gasteiger charge is 2.05. The molecule has 2 aromatic rings. The first-order valence-corrected chi connectivity index (χ1v) is 5.71. The number of rotatable bonds is 1. The highest BCUT2D eigenvalue weighted by Crippen LogP contribution is 2.22. The summed E-state index contributed by atoms with van der Waals surface area (Å²) in [5, 5.41) is 0. The Labute approximate surface area is 91.9 Å². The van der Waals surface area contributed by atoms with Crippen LogP contribution < -0.4 is 4.87 Å². The lowest BCUT2D eigenvalue weighted by atomic mass is 10.3. The minimum absolute atomic E-state index is 0.0110. The van der Waals surface area contributed by atoms with E-state index >= 15 is 0 Å². The molecule has 0 radical (unpaired) electrons. The second-order valence-electron chi connectivity index (χ2n) is 2.53. The summed E-state index contributed by atoms with van der Waals surface area (Å²) in [6, 6.07) is 5.92. The van der Waals surface area contributed by atoms with Crippen LogP contribution in [0.1, 0.15) is 0 Å². The number of benzene rings is 1. The van der Waals surface area contributed by atoms with Gasteiger partial charge in [-0.15, -0.1) is 11.6 Å². The molecule has 2 rings (SSSR count). The first kappa shape index (κ1) is 9.24. The molecule has 0 bridgehead atoms. The van der Waals surface area contributed by atoms with Crippen LogP contribution in [0, 0.1) is 0 Å². The predicted octanol–water partition coefficient (Wildman–Crippen LogP) is 3.02. The minimum atomic E-state index is -0.0110. The van der Waals surface area contributed by atoms with E-state index in [2.05, 4.69) is 15.9 Å². The van der Waals surface area contributed by atoms with Crippen LogP contribution in [-0.2, 0) is 6.00 Å². The second-order valence-corrected chi connectivity index (χ2v) is 4.68. The van der Waals surface area contributed by atoms with E-state index in [1.807, 2.05) is 18.2 Å². The lowest BCUT2D eigenvalue weighted by molar-refractivity contribution is 0.904. The second kappa shape index (κ2) is 3.44. The molecule has 68 valence electrons. The molecule has 2 nitrogen and oxygen atoms in total. The van der Waals surface area contributed by atoms with Crippen LogP contribution in [-0.4, -0.2) is 4.57 Å². The predicted molar refractivity (Wildman–Crippen MR) is 59.6 cm³/mol. The fraction of sp³-hybridized carbons (Fsp3) is 0.125. The number of aromatic nitrogens is 1. The molecule has 1 aromatic heterocycles. The van der Waals surface area contributed by atoms with Crippen molar-refractivity contribution >= 4 is 49.1 Å². The van der Waals surface area contributed by atoms with E-state index in [1.54, 1.807) is 4.57 Å². The Balaban J connectivity index is 2.87. The number of thiazole rings is 1. The molecule has 1 heterocycles. The highest BCUT2D eigenvalue weighted by molar-refractivity contribution is 9.10. The quantitative estimate of drug-likeness (QED) is 0.735. The van der Waals surface area contributed by atoms with E-state index < -0.39 is 0 Å². The maximum Gasteiger partial charge on any atom is 0.309 e. The van der Waals surface area contributed by atoms with Crippen LogP contribution >= 0.6 is 38.9 Å². The molecule has 0 saturated heterocycles. The van der Waals surface area contributed by atoms with E-state index in [0.29, 0.717) is 0 Å². The summed E-state index contributed by atoms with van der Waals surface area (Å²) < 4.78 is 3.48. The molecule has 0 N–H and O–H groups in total. The van der Waals surface area contributed by atoms with Crippen molar-refractivity contribution < 1.29 is 0 Å². The largest absolute Gasteiger partial charge is 0.309 e. The molecular formula is C8H5BrClNOS. The Morgan fingerprint density at radius 1 is 1.54 bits per heavy atom. The molecule has 0 spiro atoms. The molecule has 0 unspecified atom stereocenters. The maximum atomic E-state index is 11.4. The van der Waals surface area contributed by atoms with Crippen molar-refractivity contribution in [2.45, 2.75) is 6.00 Å². The SMILES string of the molecule is O=c1sc2cc(Br)ccc2n1CCl. The van der Waals surface area contributed by atoms with Gasteiger partial charge in [-0.05, 0) is 18.2 Å². The summed E-state index contributed by atoms with van der Waals surface area (Å²) in [5.74, 6) is 0. The number of nitrogens with zero attached hydrogens (tertiary/aromatic N) is 1. The molecular weight excluding hydrogens is 274 g/mol. The van der Waals surface area contributed by atoms with Gasteiger partial charge in [0.05, 0.1) is 10.2 Å². The van der Waals surface area contributed by atoms with Gasteiger partial charge in [0.15, 0.2) is 0 Å². The fourth-order valence-corrected chi connectivity index (χ4v) is 2.90. The van der Waals surface area contributed by atoms with Crippen molar-refractivity contribution in [3.05, 3.63) is 32.3 Å². The summed E-state index contributed by atoms with van der Waals surface area (Å²) >= 11 is 10.2. The summed E-state index contributed by atoms with van der Waals surface area (Å²) in [6.07, 6.45) is 0. The summed E-state index contributed by atoms with van der Waals surface area (Å²) in [7, 11) is 0. The van der Waals surface area contributed by atoms with Gasteiger partial charge in [-0.3, -0.25) is 9.36 Å². The number of halogens is 2. The Morgan fingerprint density at radius 3 is 3.00 bits per heavy atom. The lowest BCUT2D eigenvalue weighted by Gasteiger charge is -1.96. The van der Waals surface area contributed by atoms with Crippen molar-refractivity contribution in [2.24, 2.45) is 0 Å². The third kappa shape index (κ3) is 1.54. The van der Waals surface area contributed by atoms with Gasteiger partial charge in [0, 0.05) is 4.47 Å². The molecule has 13 heavy (non-hydrogen) atoms.